The maximum Gasteiger partial charge on any atom is 0.369 e. The van der Waals surface area contributed by atoms with E-state index in [4.69, 9.17) is 19.4 Å². The number of methoxy groups -OCH3 is 1. The van der Waals surface area contributed by atoms with Crippen LogP contribution in [0.1, 0.15) is 63.3 Å². The van der Waals surface area contributed by atoms with E-state index in [2.05, 4.69) is 20.6 Å². The number of carbonyl (C=O) groups is 4. The number of carboxylic acids is 2. The lowest BCUT2D eigenvalue weighted by atomic mass is 9.71. The molecule has 15 nitrogen and oxygen atoms in total. The van der Waals surface area contributed by atoms with Gasteiger partial charge in [-0.1, -0.05) is 31.0 Å². The average Bonchev–Trinajstić information content (AvgIpc) is 3.60. The fourth-order valence-electron chi connectivity index (χ4n) is 6.16. The molecule has 0 aliphatic carbocycles. The first kappa shape index (κ1) is 36.2. The van der Waals surface area contributed by atoms with Crippen molar-refractivity contribution in [3.8, 4) is 17.2 Å². The number of amides is 2. The number of rotatable bonds is 14. The number of aromatic amines is 1. The molecule has 3 aromatic rings. The molecular weight excluding hydrogens is 626 g/mol. The molecule has 0 unspecified atom stereocenters. The third-order valence-electron chi connectivity index (χ3n) is 9.15. The molecule has 3 saturated heterocycles. The number of benzene rings is 1. The highest BCUT2D eigenvalue weighted by Crippen LogP contribution is 2.36. The van der Waals surface area contributed by atoms with Gasteiger partial charge in [-0.2, -0.15) is 4.98 Å². The molecule has 1 aromatic carbocycles. The third-order valence-corrected chi connectivity index (χ3v) is 9.15. The maximum atomic E-state index is 13.6. The summed E-state index contributed by atoms with van der Waals surface area (Å²) in [5.41, 5.74) is 1.34. The monoisotopic (exact) mass is 669 g/mol. The summed E-state index contributed by atoms with van der Waals surface area (Å²) in [4.78, 5) is 54.1. The minimum atomic E-state index is -2.44. The van der Waals surface area contributed by atoms with Crippen molar-refractivity contribution in [1.29, 1.82) is 0 Å². The summed E-state index contributed by atoms with van der Waals surface area (Å²) in [6.07, 6.45) is 3.60. The molecule has 3 atom stereocenters. The van der Waals surface area contributed by atoms with Gasteiger partial charge in [0, 0.05) is 38.1 Å². The second-order valence-corrected chi connectivity index (χ2v) is 12.2. The second-order valence-electron chi connectivity index (χ2n) is 12.2. The van der Waals surface area contributed by atoms with Crippen molar-refractivity contribution in [2.45, 2.75) is 69.6 Å². The van der Waals surface area contributed by atoms with E-state index < -0.39 is 24.1 Å². The first-order chi connectivity index (χ1) is 23.0. The number of hydrogen-bond donors (Lipinski definition) is 5. The summed E-state index contributed by atoms with van der Waals surface area (Å²) in [5, 5.41) is 42.8. The number of aromatic nitrogens is 2. The maximum absolute atomic E-state index is 13.6. The van der Waals surface area contributed by atoms with Crippen molar-refractivity contribution in [3.63, 3.8) is 0 Å². The van der Waals surface area contributed by atoms with Gasteiger partial charge in [0.05, 0.1) is 55.2 Å². The van der Waals surface area contributed by atoms with Crippen molar-refractivity contribution in [1.82, 2.24) is 15.6 Å². The molecule has 2 amide bonds. The smallest absolute Gasteiger partial charge is 0.369 e. The van der Waals surface area contributed by atoms with Crippen LogP contribution in [0.15, 0.2) is 40.9 Å². The van der Waals surface area contributed by atoms with Crippen LogP contribution in [0.5, 0.6) is 5.88 Å². The van der Waals surface area contributed by atoms with Gasteiger partial charge in [0.15, 0.2) is 6.04 Å². The van der Waals surface area contributed by atoms with Gasteiger partial charge in [-0.05, 0) is 25.0 Å². The highest BCUT2D eigenvalue weighted by Gasteiger charge is 2.48. The Hall–Kier alpha value is -4.60. The number of pyridine rings is 1. The van der Waals surface area contributed by atoms with Crippen LogP contribution >= 0.6 is 0 Å². The number of carboxylic acid groups (broad SMARTS) is 2. The molecule has 2 aromatic heterocycles. The molecule has 0 saturated carbocycles. The van der Waals surface area contributed by atoms with Crippen molar-refractivity contribution >= 4 is 34.7 Å². The van der Waals surface area contributed by atoms with Crippen LogP contribution in [0, 0.1) is 5.41 Å². The SMILES string of the molecule is CNC(=O)CCCCC[C@H](NC(=O)C12CC[NH+](CC1)CC2)c1[nH+]cc(-c2cc3ccccc3nc2OC)o1.O=C([O-])[C@H](O)[C@@H](O)C(=O)[O-]. The summed E-state index contributed by atoms with van der Waals surface area (Å²) < 4.78 is 11.9. The summed E-state index contributed by atoms with van der Waals surface area (Å²) in [5.74, 6) is -2.20. The Labute approximate surface area is 277 Å². The lowest BCUT2D eigenvalue weighted by molar-refractivity contribution is -0.918. The van der Waals surface area contributed by atoms with Crippen molar-refractivity contribution in [2.24, 2.45) is 5.41 Å². The Morgan fingerprint density at radius 1 is 1.04 bits per heavy atom. The van der Waals surface area contributed by atoms with Crippen LogP contribution in [-0.4, -0.2) is 84.9 Å². The Kier molecular flexibility index (Phi) is 12.4. The van der Waals surface area contributed by atoms with E-state index in [9.17, 15) is 29.4 Å². The molecule has 6 rings (SSSR count). The lowest BCUT2D eigenvalue weighted by Gasteiger charge is -2.44. The number of aliphatic carboxylic acids is 2. The molecule has 3 aliphatic rings. The number of H-pyrrole nitrogens is 1. The Balaban J connectivity index is 0.000000453. The number of para-hydroxylation sites is 1. The number of quaternary nitrogens is 1. The number of nitrogens with one attached hydrogen (secondary N) is 4. The van der Waals surface area contributed by atoms with Gasteiger partial charge in [-0.25, -0.2) is 4.98 Å². The number of unbranched alkanes of at least 4 members (excludes halogenated alkanes) is 2. The normalized spacial score (nSPS) is 20.1. The lowest BCUT2D eigenvalue weighted by Crippen LogP contribution is -3.15. The first-order valence-electron chi connectivity index (χ1n) is 16.1. The number of aliphatic hydroxyl groups is 2. The van der Waals surface area contributed by atoms with Gasteiger partial charge in [-0.3, -0.25) is 9.59 Å². The Bertz CT molecular complexity index is 1550. The third kappa shape index (κ3) is 8.85. The number of oxazole rings is 1. The zero-order valence-corrected chi connectivity index (χ0v) is 27.1. The molecule has 0 radical (unpaired) electrons. The molecule has 3 fully saturated rings. The average molecular weight is 670 g/mol. The predicted molar refractivity (Wildman–Crippen MR) is 164 cm³/mol. The van der Waals surface area contributed by atoms with Gasteiger partial charge >= 0.3 is 5.89 Å². The van der Waals surface area contributed by atoms with Crippen molar-refractivity contribution in [3.05, 3.63) is 42.4 Å². The van der Waals surface area contributed by atoms with E-state index in [-0.39, 0.29) is 23.3 Å². The van der Waals surface area contributed by atoms with Crippen LogP contribution in [-0.2, 0) is 19.2 Å². The molecule has 0 spiro atoms. The van der Waals surface area contributed by atoms with Crippen molar-refractivity contribution in [2.75, 3.05) is 33.8 Å². The minimum absolute atomic E-state index is 0.0571. The van der Waals surface area contributed by atoms with E-state index in [1.54, 1.807) is 19.1 Å². The van der Waals surface area contributed by atoms with Gasteiger partial charge in [-0.15, -0.1) is 0 Å². The second kappa shape index (κ2) is 16.5. The summed E-state index contributed by atoms with van der Waals surface area (Å²) in [6, 6.07) is 9.63. The highest BCUT2D eigenvalue weighted by atomic mass is 16.5. The number of fused-ring (bicyclic) bond motifs is 4. The van der Waals surface area contributed by atoms with E-state index >= 15 is 0 Å². The fraction of sp³-hybridized carbons (Fsp3) is 0.515. The van der Waals surface area contributed by atoms with E-state index in [1.165, 1.54) is 0 Å². The Morgan fingerprint density at radius 3 is 2.29 bits per heavy atom. The number of piperidine rings is 3. The minimum Gasteiger partial charge on any atom is -0.547 e. The number of nitrogens with zero attached hydrogens (tertiary/aromatic N) is 1. The quantitative estimate of drug-likeness (QED) is 0.112. The molecule has 48 heavy (non-hydrogen) atoms. The molecule has 3 aliphatic heterocycles. The van der Waals surface area contributed by atoms with Gasteiger partial charge in [0.2, 0.25) is 29.7 Å². The molecule has 15 heteroatoms. The molecular formula is C33H43N5O10. The van der Waals surface area contributed by atoms with Crippen LogP contribution in [0.3, 0.4) is 0 Å². The number of ether oxygens (including phenoxy) is 1. The molecule has 6 N–H and O–H groups in total. The van der Waals surface area contributed by atoms with Crippen LogP contribution < -0.4 is 35.5 Å². The number of aliphatic hydroxyl groups excluding tert-OH is 2. The van der Waals surface area contributed by atoms with Crippen molar-refractivity contribution < 1.29 is 58.6 Å². The van der Waals surface area contributed by atoms with Crippen LogP contribution in [0.2, 0.25) is 0 Å². The number of carbonyl (C=O) groups excluding carboxylic acids is 4. The molecule has 2 bridgehead atoms. The summed E-state index contributed by atoms with van der Waals surface area (Å²) in [6.45, 7) is 3.22. The van der Waals surface area contributed by atoms with Gasteiger partial charge in [0.25, 0.3) is 0 Å². The predicted octanol–water partition coefficient (Wildman–Crippen LogP) is -2.55. The summed E-state index contributed by atoms with van der Waals surface area (Å²) >= 11 is 0. The number of hydrogen-bond acceptors (Lipinski definition) is 11. The zero-order valence-electron chi connectivity index (χ0n) is 27.1. The van der Waals surface area contributed by atoms with Gasteiger partial charge in [0.1, 0.15) is 12.2 Å². The zero-order chi connectivity index (χ0) is 34.8. The Morgan fingerprint density at radius 2 is 1.69 bits per heavy atom. The standard InChI is InChI=1S/C29H37N5O4.C4H6O6/c1-30-25(35)11-5-3-4-10-23(33-28(36)29-12-15-34(16-13-29)17-14-29)27-31-19-24(38-27)21-18-20-8-6-7-9-22(20)32-26(21)37-2;5-1(3(7)8)2(6)4(9)10/h6-9,18-19,23H,3-5,10-17H2,1-2H3,(H,30,35)(H,33,36);1-2,5-6H,(H,7,8)(H,9,10)/t23-;1-,2-/m01/s1. The topological polar surface area (TPSA) is 233 Å². The molecule has 260 valence electrons. The fourth-order valence-corrected chi connectivity index (χ4v) is 6.16. The van der Waals surface area contributed by atoms with Gasteiger partial charge < -0.3 is 54.7 Å². The van der Waals surface area contributed by atoms with Crippen LogP contribution in [0.4, 0.5) is 0 Å². The molecule has 5 heterocycles. The largest absolute Gasteiger partial charge is 0.547 e. The van der Waals surface area contributed by atoms with E-state index in [0.717, 1.165) is 81.0 Å². The van der Waals surface area contributed by atoms with Crippen LogP contribution in [0.25, 0.3) is 22.2 Å². The summed E-state index contributed by atoms with van der Waals surface area (Å²) in [7, 11) is 3.27. The van der Waals surface area contributed by atoms with E-state index in [0.29, 0.717) is 24.0 Å². The first-order valence-corrected chi connectivity index (χ1v) is 16.1. The van der Waals surface area contributed by atoms with E-state index in [1.807, 2.05) is 36.5 Å². The highest BCUT2D eigenvalue weighted by molar-refractivity contribution is 5.85.